The number of hydrogen-bond donors (Lipinski definition) is 1. The first-order valence-electron chi connectivity index (χ1n) is 6.92. The Bertz CT molecular complexity index is 620. The summed E-state index contributed by atoms with van der Waals surface area (Å²) in [5.74, 6) is 0.450. The molecule has 0 aliphatic rings. The Morgan fingerprint density at radius 3 is 2.53 bits per heavy atom. The molecular formula is C16H22N2O. The molecule has 0 atom stereocenters. The van der Waals surface area contributed by atoms with Gasteiger partial charge in [0.2, 0.25) is 0 Å². The molecule has 0 aliphatic heterocycles. The minimum atomic E-state index is 0.120. The van der Waals surface area contributed by atoms with Crippen molar-refractivity contribution < 1.29 is 0 Å². The van der Waals surface area contributed by atoms with Gasteiger partial charge in [0, 0.05) is 17.7 Å². The molecule has 0 amide bonds. The molecule has 0 fully saturated rings. The molecular weight excluding hydrogens is 236 g/mol. The van der Waals surface area contributed by atoms with E-state index < -0.39 is 0 Å². The van der Waals surface area contributed by atoms with Crippen LogP contribution in [0.1, 0.15) is 31.9 Å². The van der Waals surface area contributed by atoms with Crippen molar-refractivity contribution in [1.82, 2.24) is 9.78 Å². The lowest BCUT2D eigenvalue weighted by Crippen LogP contribution is -2.21. The zero-order chi connectivity index (χ0) is 14.0. The first kappa shape index (κ1) is 13.7. The van der Waals surface area contributed by atoms with Crippen molar-refractivity contribution in [2.45, 2.75) is 40.7 Å². The van der Waals surface area contributed by atoms with Crippen molar-refractivity contribution in [1.29, 1.82) is 0 Å². The maximum absolute atomic E-state index is 12.4. The van der Waals surface area contributed by atoms with Gasteiger partial charge in [0.15, 0.2) is 0 Å². The van der Waals surface area contributed by atoms with Gasteiger partial charge in [-0.05, 0) is 24.8 Å². The van der Waals surface area contributed by atoms with E-state index >= 15 is 0 Å². The number of aryl methyl sites for hydroxylation is 1. The first-order chi connectivity index (χ1) is 9.04. The van der Waals surface area contributed by atoms with E-state index in [0.29, 0.717) is 5.92 Å². The monoisotopic (exact) mass is 258 g/mol. The van der Waals surface area contributed by atoms with Crippen molar-refractivity contribution in [3.05, 3.63) is 45.7 Å². The topological polar surface area (TPSA) is 37.8 Å². The van der Waals surface area contributed by atoms with Gasteiger partial charge in [-0.25, -0.2) is 0 Å². The molecule has 0 bridgehead atoms. The largest absolute Gasteiger partial charge is 0.295 e. The third kappa shape index (κ3) is 2.65. The van der Waals surface area contributed by atoms with E-state index in [4.69, 9.17) is 0 Å². The number of rotatable bonds is 4. The van der Waals surface area contributed by atoms with E-state index in [1.807, 2.05) is 19.1 Å². The molecule has 1 heterocycles. The summed E-state index contributed by atoms with van der Waals surface area (Å²) >= 11 is 0. The summed E-state index contributed by atoms with van der Waals surface area (Å²) in [5.41, 5.74) is 4.30. The molecule has 102 valence electrons. The third-order valence-electron chi connectivity index (χ3n) is 3.37. The summed E-state index contributed by atoms with van der Waals surface area (Å²) in [6, 6.07) is 8.18. The van der Waals surface area contributed by atoms with Gasteiger partial charge in [0.25, 0.3) is 5.56 Å². The Balaban J connectivity index is 2.58. The van der Waals surface area contributed by atoms with E-state index in [1.54, 1.807) is 4.68 Å². The van der Waals surface area contributed by atoms with Crippen LogP contribution in [0.4, 0.5) is 0 Å². The normalized spacial score (nSPS) is 11.2. The second kappa shape index (κ2) is 5.47. The van der Waals surface area contributed by atoms with Gasteiger partial charge in [-0.2, -0.15) is 0 Å². The van der Waals surface area contributed by atoms with Crippen LogP contribution in [0.2, 0.25) is 0 Å². The van der Waals surface area contributed by atoms with Gasteiger partial charge in [-0.15, -0.1) is 0 Å². The fraction of sp³-hybridized carbons (Fsp3) is 0.438. The summed E-state index contributed by atoms with van der Waals surface area (Å²) in [7, 11) is 0. The molecule has 1 aromatic heterocycles. The van der Waals surface area contributed by atoms with E-state index in [1.165, 1.54) is 5.56 Å². The van der Waals surface area contributed by atoms with Crippen molar-refractivity contribution in [3.63, 3.8) is 0 Å². The second-order valence-corrected chi connectivity index (χ2v) is 5.44. The fourth-order valence-corrected chi connectivity index (χ4v) is 2.42. The van der Waals surface area contributed by atoms with Gasteiger partial charge in [-0.3, -0.25) is 14.6 Å². The van der Waals surface area contributed by atoms with Crippen LogP contribution >= 0.6 is 0 Å². The summed E-state index contributed by atoms with van der Waals surface area (Å²) in [5, 5.41) is 3.29. The van der Waals surface area contributed by atoms with Crippen LogP contribution < -0.4 is 5.56 Å². The number of aromatic nitrogens is 2. The zero-order valence-electron chi connectivity index (χ0n) is 12.2. The highest BCUT2D eigenvalue weighted by molar-refractivity contribution is 5.66. The Labute approximate surface area is 114 Å². The predicted octanol–water partition coefficient (Wildman–Crippen LogP) is 3.37. The zero-order valence-corrected chi connectivity index (χ0v) is 12.2. The Hall–Kier alpha value is -1.77. The minimum Gasteiger partial charge on any atom is -0.295 e. The number of aromatic amines is 1. The van der Waals surface area contributed by atoms with Crippen LogP contribution in [0.3, 0.4) is 0 Å². The molecule has 0 aliphatic carbocycles. The molecule has 0 spiro atoms. The highest BCUT2D eigenvalue weighted by Gasteiger charge is 2.15. The fourth-order valence-electron chi connectivity index (χ4n) is 2.42. The highest BCUT2D eigenvalue weighted by atomic mass is 16.1. The average Bonchev–Trinajstić information content (AvgIpc) is 2.66. The average molecular weight is 258 g/mol. The Morgan fingerprint density at radius 2 is 1.95 bits per heavy atom. The third-order valence-corrected chi connectivity index (χ3v) is 3.37. The molecule has 0 unspecified atom stereocenters. The van der Waals surface area contributed by atoms with Crippen molar-refractivity contribution >= 4 is 0 Å². The van der Waals surface area contributed by atoms with E-state index in [9.17, 15) is 4.79 Å². The summed E-state index contributed by atoms with van der Waals surface area (Å²) in [6.07, 6.45) is 0.754. The SMILES string of the molecule is CCc1c(-c2ccccc2C)[nH]n(CC(C)C)c1=O. The predicted molar refractivity (Wildman–Crippen MR) is 79.4 cm³/mol. The summed E-state index contributed by atoms with van der Waals surface area (Å²) < 4.78 is 1.74. The lowest BCUT2D eigenvalue weighted by Gasteiger charge is -2.06. The highest BCUT2D eigenvalue weighted by Crippen LogP contribution is 2.23. The van der Waals surface area contributed by atoms with Crippen LogP contribution in [0.25, 0.3) is 11.3 Å². The number of benzene rings is 1. The number of nitrogens with one attached hydrogen (secondary N) is 1. The number of hydrogen-bond acceptors (Lipinski definition) is 1. The lowest BCUT2D eigenvalue weighted by molar-refractivity contribution is 0.473. The van der Waals surface area contributed by atoms with Crippen LogP contribution in [-0.2, 0) is 13.0 Å². The molecule has 3 heteroatoms. The van der Waals surface area contributed by atoms with Crippen molar-refractivity contribution in [2.75, 3.05) is 0 Å². The molecule has 0 saturated heterocycles. The van der Waals surface area contributed by atoms with Gasteiger partial charge >= 0.3 is 0 Å². The maximum atomic E-state index is 12.4. The van der Waals surface area contributed by atoms with E-state index in [0.717, 1.165) is 29.8 Å². The quantitative estimate of drug-likeness (QED) is 0.897. The van der Waals surface area contributed by atoms with Crippen LogP contribution in [0, 0.1) is 12.8 Å². The van der Waals surface area contributed by atoms with Gasteiger partial charge in [0.1, 0.15) is 0 Å². The summed E-state index contributed by atoms with van der Waals surface area (Å²) in [4.78, 5) is 12.4. The lowest BCUT2D eigenvalue weighted by atomic mass is 10.0. The number of nitrogens with zero attached hydrogens (tertiary/aromatic N) is 1. The Kier molecular flexibility index (Phi) is 3.93. The molecule has 1 aromatic carbocycles. The summed E-state index contributed by atoms with van der Waals surface area (Å²) in [6.45, 7) is 9.08. The molecule has 19 heavy (non-hydrogen) atoms. The van der Waals surface area contributed by atoms with Crippen LogP contribution in [0.5, 0.6) is 0 Å². The maximum Gasteiger partial charge on any atom is 0.270 e. The van der Waals surface area contributed by atoms with Crippen LogP contribution in [-0.4, -0.2) is 9.78 Å². The first-order valence-corrected chi connectivity index (χ1v) is 6.92. The van der Waals surface area contributed by atoms with E-state index in [-0.39, 0.29) is 5.56 Å². The molecule has 2 aromatic rings. The van der Waals surface area contributed by atoms with Crippen molar-refractivity contribution in [3.8, 4) is 11.3 Å². The van der Waals surface area contributed by atoms with Gasteiger partial charge < -0.3 is 0 Å². The van der Waals surface area contributed by atoms with E-state index in [2.05, 4.69) is 38.0 Å². The smallest absolute Gasteiger partial charge is 0.270 e. The van der Waals surface area contributed by atoms with Gasteiger partial charge in [0.05, 0.1) is 5.69 Å². The van der Waals surface area contributed by atoms with Crippen LogP contribution in [0.15, 0.2) is 29.1 Å². The van der Waals surface area contributed by atoms with Crippen molar-refractivity contribution in [2.24, 2.45) is 5.92 Å². The number of H-pyrrole nitrogens is 1. The molecule has 0 radical (unpaired) electrons. The molecule has 3 nitrogen and oxygen atoms in total. The molecule has 2 rings (SSSR count). The Morgan fingerprint density at radius 1 is 1.26 bits per heavy atom. The van der Waals surface area contributed by atoms with Gasteiger partial charge in [-0.1, -0.05) is 45.0 Å². The molecule has 0 saturated carbocycles. The second-order valence-electron chi connectivity index (χ2n) is 5.44. The minimum absolute atomic E-state index is 0.120. The standard InChI is InChI=1S/C16H22N2O/c1-5-13-15(14-9-7-6-8-12(14)4)17-18(16(13)19)10-11(2)3/h6-9,11,17H,5,10H2,1-4H3. The molecule has 1 N–H and O–H groups in total.